The normalized spacial score (nSPS) is 24.2. The molecule has 0 aromatic rings. The number of nitrogens with zero attached hydrogens (tertiary/aromatic N) is 2. The number of piperidine rings is 1. The minimum Gasteiger partial charge on any atom is -0.381 e. The lowest BCUT2D eigenvalue weighted by molar-refractivity contribution is -0.130. The highest BCUT2D eigenvalue weighted by molar-refractivity contribution is 5.87. The van der Waals surface area contributed by atoms with Gasteiger partial charge in [-0.3, -0.25) is 4.79 Å². The minimum atomic E-state index is 0.00172. The van der Waals surface area contributed by atoms with Gasteiger partial charge in [-0.05, 0) is 18.8 Å². The van der Waals surface area contributed by atoms with E-state index in [2.05, 4.69) is 13.0 Å². The molecule has 0 aliphatic carbocycles. The Balaban J connectivity index is 2.62. The molecular weight excluding hydrogens is 228 g/mol. The highest BCUT2D eigenvalue weighted by Gasteiger charge is 2.29. The lowest BCUT2D eigenvalue weighted by atomic mass is 9.87. The van der Waals surface area contributed by atoms with Crippen LogP contribution < -0.4 is 0 Å². The van der Waals surface area contributed by atoms with Crippen molar-refractivity contribution in [3.63, 3.8) is 0 Å². The fourth-order valence-electron chi connectivity index (χ4n) is 2.43. The van der Waals surface area contributed by atoms with E-state index >= 15 is 0 Å². The van der Waals surface area contributed by atoms with Gasteiger partial charge in [0.2, 0.25) is 5.91 Å². The number of likely N-dealkylation sites (tertiary alicyclic amines) is 1. The number of carbonyl (C=O) groups is 1. The second-order valence-corrected chi connectivity index (χ2v) is 4.70. The monoisotopic (exact) mass is 250 g/mol. The van der Waals surface area contributed by atoms with Crippen molar-refractivity contribution in [3.05, 3.63) is 12.2 Å². The smallest absolute Gasteiger partial charge is 0.246 e. The molecule has 0 spiro atoms. The predicted octanol–water partition coefficient (Wildman–Crippen LogP) is 2.12. The molecule has 0 aromatic carbocycles. The van der Waals surface area contributed by atoms with Gasteiger partial charge in [0.05, 0.1) is 19.1 Å². The largest absolute Gasteiger partial charge is 0.381 e. The van der Waals surface area contributed by atoms with Gasteiger partial charge in [0.25, 0.3) is 0 Å². The van der Waals surface area contributed by atoms with Crippen LogP contribution in [0.25, 0.3) is 0 Å². The van der Waals surface area contributed by atoms with Gasteiger partial charge in [-0.25, -0.2) is 0 Å². The van der Waals surface area contributed by atoms with Gasteiger partial charge in [0, 0.05) is 25.8 Å². The molecule has 1 rings (SSSR count). The minimum absolute atomic E-state index is 0.00172. The Labute approximate surface area is 109 Å². The molecule has 4 heteroatoms. The molecule has 0 aromatic heterocycles. The number of methoxy groups -OCH3 is 1. The molecule has 100 valence electrons. The third-order valence-corrected chi connectivity index (χ3v) is 3.54. The Morgan fingerprint density at radius 1 is 1.61 bits per heavy atom. The van der Waals surface area contributed by atoms with Crippen LogP contribution in [0.4, 0.5) is 0 Å². The third kappa shape index (κ3) is 4.15. The summed E-state index contributed by atoms with van der Waals surface area (Å²) in [7, 11) is 1.60. The molecule has 1 amide bonds. The Bertz CT molecular complexity index is 333. The molecule has 2 atom stereocenters. The highest BCUT2D eigenvalue weighted by Crippen LogP contribution is 2.27. The van der Waals surface area contributed by atoms with Crippen LogP contribution in [0.2, 0.25) is 0 Å². The number of hydrogen-bond donors (Lipinski definition) is 0. The highest BCUT2D eigenvalue weighted by atomic mass is 16.5. The van der Waals surface area contributed by atoms with Crippen LogP contribution in [0.15, 0.2) is 12.2 Å². The summed E-state index contributed by atoms with van der Waals surface area (Å²) in [6, 6.07) is 2.27. The molecule has 0 bridgehead atoms. The lowest BCUT2D eigenvalue weighted by Gasteiger charge is -2.37. The van der Waals surface area contributed by atoms with Crippen LogP contribution in [-0.4, -0.2) is 37.1 Å². The zero-order chi connectivity index (χ0) is 13.4. The first-order valence-corrected chi connectivity index (χ1v) is 6.55. The van der Waals surface area contributed by atoms with Crippen molar-refractivity contribution in [3.8, 4) is 6.07 Å². The summed E-state index contributed by atoms with van der Waals surface area (Å²) in [6.45, 7) is 3.38. The van der Waals surface area contributed by atoms with Gasteiger partial charge < -0.3 is 9.64 Å². The number of carbonyl (C=O) groups excluding carboxylic acids is 1. The molecule has 1 aliphatic rings. The Kier molecular flexibility index (Phi) is 6.45. The van der Waals surface area contributed by atoms with E-state index in [0.29, 0.717) is 18.9 Å². The van der Waals surface area contributed by atoms with Crippen LogP contribution in [0.1, 0.15) is 32.6 Å². The first-order valence-electron chi connectivity index (χ1n) is 6.55. The third-order valence-electron chi connectivity index (χ3n) is 3.54. The molecule has 1 aliphatic heterocycles. The Hall–Kier alpha value is -1.34. The summed E-state index contributed by atoms with van der Waals surface area (Å²) in [4.78, 5) is 13.9. The maximum atomic E-state index is 12.0. The van der Waals surface area contributed by atoms with Crippen LogP contribution in [-0.2, 0) is 9.53 Å². The number of amides is 1. The number of nitriles is 1. The van der Waals surface area contributed by atoms with Crippen molar-refractivity contribution in [1.82, 2.24) is 4.90 Å². The molecule has 18 heavy (non-hydrogen) atoms. The Morgan fingerprint density at radius 2 is 2.39 bits per heavy atom. The van der Waals surface area contributed by atoms with Crippen molar-refractivity contribution in [2.24, 2.45) is 5.92 Å². The lowest BCUT2D eigenvalue weighted by Crippen LogP contribution is -2.45. The topological polar surface area (TPSA) is 53.3 Å². The van der Waals surface area contributed by atoms with Crippen molar-refractivity contribution < 1.29 is 9.53 Å². The molecule has 0 N–H and O–H groups in total. The summed E-state index contributed by atoms with van der Waals surface area (Å²) >= 11 is 0. The van der Waals surface area contributed by atoms with E-state index in [0.717, 1.165) is 25.8 Å². The van der Waals surface area contributed by atoms with Crippen LogP contribution in [0.3, 0.4) is 0 Å². The zero-order valence-electron chi connectivity index (χ0n) is 11.3. The standard InChI is InChI=1S/C14H22N2O2/c1-3-12-7-9-16(13(11-12)6-8-15)14(17)5-4-10-18-2/h4-5,12-13H,3,6-7,9-11H2,1-2H3/b5-4+/t12-,13+/m0/s1. The van der Waals surface area contributed by atoms with Crippen molar-refractivity contribution >= 4 is 5.91 Å². The van der Waals surface area contributed by atoms with Gasteiger partial charge in [0.15, 0.2) is 0 Å². The van der Waals surface area contributed by atoms with Gasteiger partial charge in [-0.15, -0.1) is 0 Å². The fraction of sp³-hybridized carbons (Fsp3) is 0.714. The van der Waals surface area contributed by atoms with E-state index in [1.165, 1.54) is 0 Å². The maximum absolute atomic E-state index is 12.0. The quantitative estimate of drug-likeness (QED) is 0.702. The van der Waals surface area contributed by atoms with E-state index in [4.69, 9.17) is 10.00 Å². The molecule has 4 nitrogen and oxygen atoms in total. The van der Waals surface area contributed by atoms with E-state index in [1.54, 1.807) is 19.3 Å². The van der Waals surface area contributed by atoms with E-state index < -0.39 is 0 Å². The van der Waals surface area contributed by atoms with Crippen molar-refractivity contribution in [2.45, 2.75) is 38.6 Å². The van der Waals surface area contributed by atoms with Crippen molar-refractivity contribution in [2.75, 3.05) is 20.3 Å². The van der Waals surface area contributed by atoms with E-state index in [-0.39, 0.29) is 11.9 Å². The van der Waals surface area contributed by atoms with Gasteiger partial charge in [0.1, 0.15) is 0 Å². The van der Waals surface area contributed by atoms with Gasteiger partial charge in [-0.1, -0.05) is 19.4 Å². The number of hydrogen-bond acceptors (Lipinski definition) is 3. The zero-order valence-corrected chi connectivity index (χ0v) is 11.3. The molecular formula is C14H22N2O2. The maximum Gasteiger partial charge on any atom is 0.246 e. The van der Waals surface area contributed by atoms with Crippen LogP contribution in [0, 0.1) is 17.2 Å². The SMILES string of the molecule is CC[C@H]1CCN(C(=O)/C=C/COC)[C@H](CC#N)C1. The summed E-state index contributed by atoms with van der Waals surface area (Å²) in [6.07, 6.45) is 6.83. The average molecular weight is 250 g/mol. The molecule has 0 unspecified atom stereocenters. The molecule has 1 fully saturated rings. The van der Waals surface area contributed by atoms with Crippen LogP contribution >= 0.6 is 0 Å². The average Bonchev–Trinajstić information content (AvgIpc) is 2.39. The second-order valence-electron chi connectivity index (χ2n) is 4.70. The molecule has 0 saturated carbocycles. The number of rotatable bonds is 5. The van der Waals surface area contributed by atoms with Gasteiger partial charge in [-0.2, -0.15) is 5.26 Å². The molecule has 1 heterocycles. The summed E-state index contributed by atoms with van der Waals surface area (Å²) in [5, 5.41) is 8.87. The predicted molar refractivity (Wildman–Crippen MR) is 69.8 cm³/mol. The van der Waals surface area contributed by atoms with Gasteiger partial charge >= 0.3 is 0 Å². The van der Waals surface area contributed by atoms with Crippen LogP contribution in [0.5, 0.6) is 0 Å². The fourth-order valence-corrected chi connectivity index (χ4v) is 2.43. The first-order chi connectivity index (χ1) is 8.72. The van der Waals surface area contributed by atoms with Crippen molar-refractivity contribution in [1.29, 1.82) is 5.26 Å². The summed E-state index contributed by atoms with van der Waals surface area (Å²) in [5.41, 5.74) is 0. The molecule has 1 saturated heterocycles. The summed E-state index contributed by atoms with van der Waals surface area (Å²) in [5.74, 6) is 0.650. The summed E-state index contributed by atoms with van der Waals surface area (Å²) < 4.78 is 4.88. The second kappa shape index (κ2) is 7.88. The number of ether oxygens (including phenoxy) is 1. The van der Waals surface area contributed by atoms with E-state index in [1.807, 2.05) is 4.90 Å². The Morgan fingerprint density at radius 3 is 3.00 bits per heavy atom. The van der Waals surface area contributed by atoms with E-state index in [9.17, 15) is 4.79 Å². The molecule has 0 radical (unpaired) electrons. The first kappa shape index (κ1) is 14.7.